The molecule has 136 valence electrons. The van der Waals surface area contributed by atoms with Crippen molar-refractivity contribution in [2.75, 3.05) is 0 Å². The van der Waals surface area contributed by atoms with E-state index in [1.165, 1.54) is 11.1 Å². The number of carbonyl (C=O) groups excluding carboxylic acids is 1. The maximum absolute atomic E-state index is 12.4. The van der Waals surface area contributed by atoms with Crippen LogP contribution >= 0.6 is 28.3 Å². The third kappa shape index (κ3) is 2.94. The van der Waals surface area contributed by atoms with Crippen molar-refractivity contribution in [3.8, 4) is 5.75 Å². The first kappa shape index (κ1) is 17.8. The normalized spacial score (nSPS) is 33.6. The van der Waals surface area contributed by atoms with Crippen molar-refractivity contribution in [3.05, 3.63) is 27.7 Å². The second-order valence-corrected chi connectivity index (χ2v) is 8.92. The van der Waals surface area contributed by atoms with Gasteiger partial charge in [0.2, 0.25) is 0 Å². The molecule has 4 unspecified atom stereocenters. The molecule has 3 aliphatic carbocycles. The zero-order chi connectivity index (χ0) is 17.6. The molecule has 5 nitrogen and oxygen atoms in total. The monoisotopic (exact) mass is 427 g/mol. The summed E-state index contributed by atoms with van der Waals surface area (Å²) >= 11 is 4.29. The van der Waals surface area contributed by atoms with Crippen LogP contribution in [0.25, 0.3) is 0 Å². The summed E-state index contributed by atoms with van der Waals surface area (Å²) in [5.41, 5.74) is 2.68. The van der Waals surface area contributed by atoms with Gasteiger partial charge in [-0.15, -0.1) is 9.32 Å². The van der Waals surface area contributed by atoms with E-state index in [4.69, 9.17) is 10.1 Å². The van der Waals surface area contributed by atoms with E-state index < -0.39 is 0 Å². The van der Waals surface area contributed by atoms with Gasteiger partial charge in [-0.25, -0.2) is 0 Å². The van der Waals surface area contributed by atoms with E-state index >= 15 is 0 Å². The standard InChI is InChI=1S/C18H22BrNO4S/c1-18-7-6-11-12(14(18)4-5-17(18)21)3-2-10-8-16(22-25-24-23-20)15(19)9-13(10)11/h8-9,11-12,14H,2-7,20H2,1H3. The Morgan fingerprint density at radius 3 is 2.92 bits per heavy atom. The van der Waals surface area contributed by atoms with Crippen molar-refractivity contribution in [1.29, 1.82) is 0 Å². The number of Topliss-reactive ketones (excluding diaryl/α,β-unsaturated/α-hetero) is 1. The number of nitrogens with two attached hydrogens (primary N) is 1. The molecule has 0 aromatic heterocycles. The van der Waals surface area contributed by atoms with E-state index in [0.29, 0.717) is 41.6 Å². The van der Waals surface area contributed by atoms with Crippen LogP contribution in [-0.2, 0) is 20.5 Å². The number of halogens is 1. The lowest BCUT2D eigenvalue weighted by atomic mass is 9.55. The molecular weight excluding hydrogens is 406 g/mol. The zero-order valence-electron chi connectivity index (χ0n) is 14.1. The Balaban J connectivity index is 1.60. The van der Waals surface area contributed by atoms with Crippen molar-refractivity contribution in [1.82, 2.24) is 0 Å². The Labute approximate surface area is 160 Å². The molecule has 2 saturated carbocycles. The fraction of sp³-hybridized carbons (Fsp3) is 0.611. The molecule has 7 heteroatoms. The molecule has 0 radical (unpaired) electrons. The van der Waals surface area contributed by atoms with Crippen LogP contribution in [0.4, 0.5) is 0 Å². The number of rotatable bonds is 4. The lowest BCUT2D eigenvalue weighted by molar-refractivity contribution is -0.199. The van der Waals surface area contributed by atoms with Gasteiger partial charge in [-0.3, -0.25) is 4.79 Å². The van der Waals surface area contributed by atoms with Crippen LogP contribution in [0.2, 0.25) is 0 Å². The molecule has 0 bridgehead atoms. The first-order valence-corrected chi connectivity index (χ1v) is 10.2. The molecule has 2 fully saturated rings. The van der Waals surface area contributed by atoms with Gasteiger partial charge in [-0.05, 0) is 89.0 Å². The Bertz CT molecular complexity index is 700. The molecule has 0 spiro atoms. The van der Waals surface area contributed by atoms with Crippen LogP contribution in [-0.4, -0.2) is 5.78 Å². The Kier molecular flexibility index (Phi) is 4.88. The third-order valence-electron chi connectivity index (χ3n) is 6.68. The van der Waals surface area contributed by atoms with E-state index in [-0.39, 0.29) is 5.41 Å². The highest BCUT2D eigenvalue weighted by Crippen LogP contribution is 2.60. The van der Waals surface area contributed by atoms with Gasteiger partial charge in [0, 0.05) is 11.8 Å². The number of carbonyl (C=O) groups is 1. The minimum atomic E-state index is -0.0742. The van der Waals surface area contributed by atoms with E-state index in [9.17, 15) is 4.79 Å². The van der Waals surface area contributed by atoms with Crippen LogP contribution in [0.1, 0.15) is 56.1 Å². The quantitative estimate of drug-likeness (QED) is 0.326. The van der Waals surface area contributed by atoms with Crippen LogP contribution in [0.15, 0.2) is 16.6 Å². The minimum absolute atomic E-state index is 0.0742. The average Bonchev–Trinajstić information content (AvgIpc) is 2.91. The van der Waals surface area contributed by atoms with E-state index in [0.717, 1.165) is 43.0 Å². The Morgan fingerprint density at radius 2 is 2.12 bits per heavy atom. The smallest absolute Gasteiger partial charge is 0.260 e. The third-order valence-corrected chi connectivity index (χ3v) is 7.68. The van der Waals surface area contributed by atoms with E-state index in [2.05, 4.69) is 44.3 Å². The lowest BCUT2D eigenvalue weighted by Gasteiger charge is -2.48. The molecule has 1 aromatic carbocycles. The van der Waals surface area contributed by atoms with Gasteiger partial charge in [0.15, 0.2) is 5.75 Å². The van der Waals surface area contributed by atoms with Crippen molar-refractivity contribution in [2.45, 2.75) is 51.4 Å². The summed E-state index contributed by atoms with van der Waals surface area (Å²) in [6, 6.07) is 4.26. The van der Waals surface area contributed by atoms with E-state index in [1.54, 1.807) is 0 Å². The summed E-state index contributed by atoms with van der Waals surface area (Å²) in [5.74, 6) is 7.74. The topological polar surface area (TPSA) is 70.8 Å². The highest BCUT2D eigenvalue weighted by molar-refractivity contribution is 9.10. The Hall–Kier alpha value is -0.600. The second-order valence-electron chi connectivity index (χ2n) is 7.63. The first-order valence-electron chi connectivity index (χ1n) is 8.77. The summed E-state index contributed by atoms with van der Waals surface area (Å²) in [6.45, 7) is 2.21. The maximum Gasteiger partial charge on any atom is 0.260 e. The van der Waals surface area contributed by atoms with Gasteiger partial charge >= 0.3 is 0 Å². The SMILES string of the molecule is CC12CCC3c4cc(Br)c(OSOON)cc4CCC3C1CCC2=O. The molecule has 0 heterocycles. The van der Waals surface area contributed by atoms with Crippen LogP contribution in [0.5, 0.6) is 5.75 Å². The van der Waals surface area contributed by atoms with Crippen LogP contribution in [0, 0.1) is 17.3 Å². The number of fused-ring (bicyclic) bond motifs is 5. The van der Waals surface area contributed by atoms with Gasteiger partial charge in [-0.2, -0.15) is 5.90 Å². The van der Waals surface area contributed by atoms with Gasteiger partial charge in [-0.1, -0.05) is 6.92 Å². The minimum Gasteiger partial charge on any atom is -0.397 e. The molecule has 2 N–H and O–H groups in total. The van der Waals surface area contributed by atoms with Crippen molar-refractivity contribution in [2.24, 2.45) is 23.1 Å². The molecule has 3 aliphatic rings. The van der Waals surface area contributed by atoms with Gasteiger partial charge in [0.25, 0.3) is 12.3 Å². The van der Waals surface area contributed by atoms with Crippen molar-refractivity contribution in [3.63, 3.8) is 0 Å². The van der Waals surface area contributed by atoms with E-state index in [1.807, 2.05) is 0 Å². The fourth-order valence-electron chi connectivity index (χ4n) is 5.47. The molecule has 0 saturated heterocycles. The zero-order valence-corrected chi connectivity index (χ0v) is 16.5. The number of ketones is 1. The largest absolute Gasteiger partial charge is 0.397 e. The molecular formula is C18H22BrNO4S. The summed E-state index contributed by atoms with van der Waals surface area (Å²) in [7, 11) is 0. The lowest BCUT2D eigenvalue weighted by Crippen LogP contribution is -2.42. The second kappa shape index (κ2) is 6.85. The molecule has 4 rings (SSSR count). The van der Waals surface area contributed by atoms with Gasteiger partial charge < -0.3 is 4.18 Å². The molecule has 25 heavy (non-hydrogen) atoms. The van der Waals surface area contributed by atoms with Crippen LogP contribution < -0.4 is 10.1 Å². The molecule has 0 aliphatic heterocycles. The maximum atomic E-state index is 12.4. The number of hydrogen-bond donors (Lipinski definition) is 1. The summed E-state index contributed by atoms with van der Waals surface area (Å²) in [5, 5.41) is 0. The van der Waals surface area contributed by atoms with Crippen molar-refractivity contribution >= 4 is 34.0 Å². The fourth-order valence-corrected chi connectivity index (χ4v) is 6.29. The highest BCUT2D eigenvalue weighted by atomic mass is 79.9. The summed E-state index contributed by atoms with van der Waals surface area (Å²) < 4.78 is 10.9. The number of aryl methyl sites for hydroxylation is 1. The number of hydrogen-bond acceptors (Lipinski definition) is 6. The van der Waals surface area contributed by atoms with Gasteiger partial charge in [0.1, 0.15) is 5.78 Å². The summed E-state index contributed by atoms with van der Waals surface area (Å²) in [4.78, 5) is 16.5. The molecule has 0 amide bonds. The Morgan fingerprint density at radius 1 is 1.28 bits per heavy atom. The van der Waals surface area contributed by atoms with Gasteiger partial charge in [0.05, 0.1) is 4.47 Å². The number of benzene rings is 1. The summed E-state index contributed by atoms with van der Waals surface area (Å²) in [6.07, 6.45) is 6.14. The average molecular weight is 428 g/mol. The molecule has 1 aromatic rings. The first-order chi connectivity index (χ1) is 12.0. The predicted octanol–water partition coefficient (Wildman–Crippen LogP) is 4.64. The van der Waals surface area contributed by atoms with Crippen LogP contribution in [0.3, 0.4) is 0 Å². The van der Waals surface area contributed by atoms with Crippen molar-refractivity contribution < 1.29 is 18.3 Å². The predicted molar refractivity (Wildman–Crippen MR) is 98.3 cm³/mol. The highest BCUT2D eigenvalue weighted by Gasteiger charge is 2.54. The molecule has 4 atom stereocenters.